The Morgan fingerprint density at radius 1 is 1.17 bits per heavy atom. The van der Waals surface area contributed by atoms with Gasteiger partial charge in [0, 0.05) is 0 Å². The van der Waals surface area contributed by atoms with Gasteiger partial charge in [-0.3, -0.25) is 0 Å². The summed E-state index contributed by atoms with van der Waals surface area (Å²) >= 11 is 0. The van der Waals surface area contributed by atoms with Crippen LogP contribution >= 0.6 is 0 Å². The van der Waals surface area contributed by atoms with E-state index in [4.69, 9.17) is 10.6 Å². The monoisotopic (exact) mass is 244 g/mol. The van der Waals surface area contributed by atoms with Crippen molar-refractivity contribution in [3.63, 3.8) is 0 Å². The number of rotatable bonds is 4. The van der Waals surface area contributed by atoms with Gasteiger partial charge >= 0.3 is 0 Å². The SMILES string of the molecule is COc1ccc(C)cc1Nc1cccc(NN)n1. The maximum Gasteiger partial charge on any atom is 0.142 e. The van der Waals surface area contributed by atoms with Gasteiger partial charge in [-0.2, -0.15) is 0 Å². The largest absolute Gasteiger partial charge is 0.495 e. The third-order valence-corrected chi connectivity index (χ3v) is 2.51. The average molecular weight is 244 g/mol. The van der Waals surface area contributed by atoms with Gasteiger partial charge in [0.05, 0.1) is 12.8 Å². The summed E-state index contributed by atoms with van der Waals surface area (Å²) in [6.07, 6.45) is 0. The quantitative estimate of drug-likeness (QED) is 0.569. The summed E-state index contributed by atoms with van der Waals surface area (Å²) in [7, 11) is 1.64. The molecule has 2 aromatic rings. The van der Waals surface area contributed by atoms with Crippen LogP contribution in [0.2, 0.25) is 0 Å². The predicted octanol–water partition coefficient (Wildman–Crippen LogP) is 2.43. The number of aromatic nitrogens is 1. The van der Waals surface area contributed by atoms with E-state index in [1.807, 2.05) is 37.3 Å². The number of hydrazine groups is 1. The number of pyridine rings is 1. The molecule has 0 spiro atoms. The highest BCUT2D eigenvalue weighted by Crippen LogP contribution is 2.28. The molecule has 0 aliphatic carbocycles. The van der Waals surface area contributed by atoms with Crippen LogP contribution in [0.1, 0.15) is 5.56 Å². The Kier molecular flexibility index (Phi) is 3.64. The van der Waals surface area contributed by atoms with Crippen LogP contribution in [0.15, 0.2) is 36.4 Å². The van der Waals surface area contributed by atoms with E-state index in [-0.39, 0.29) is 0 Å². The van der Waals surface area contributed by atoms with Crippen LogP contribution in [-0.4, -0.2) is 12.1 Å². The van der Waals surface area contributed by atoms with Gasteiger partial charge in [0.25, 0.3) is 0 Å². The molecular weight excluding hydrogens is 228 g/mol. The molecule has 0 aliphatic heterocycles. The minimum Gasteiger partial charge on any atom is -0.495 e. The second-order valence-electron chi connectivity index (χ2n) is 3.88. The van der Waals surface area contributed by atoms with Crippen LogP contribution in [0.5, 0.6) is 5.75 Å². The fraction of sp³-hybridized carbons (Fsp3) is 0.154. The normalized spacial score (nSPS) is 9.94. The second-order valence-corrected chi connectivity index (χ2v) is 3.88. The fourth-order valence-electron chi connectivity index (χ4n) is 1.64. The van der Waals surface area contributed by atoms with Crippen molar-refractivity contribution in [3.8, 4) is 5.75 Å². The summed E-state index contributed by atoms with van der Waals surface area (Å²) in [5.41, 5.74) is 4.53. The van der Waals surface area contributed by atoms with Crippen LogP contribution in [0.4, 0.5) is 17.3 Å². The van der Waals surface area contributed by atoms with Crippen molar-refractivity contribution in [3.05, 3.63) is 42.0 Å². The van der Waals surface area contributed by atoms with Gasteiger partial charge in [-0.1, -0.05) is 12.1 Å². The lowest BCUT2D eigenvalue weighted by Gasteiger charge is -2.12. The van der Waals surface area contributed by atoms with Crippen molar-refractivity contribution in [1.82, 2.24) is 4.98 Å². The number of nitrogen functional groups attached to an aromatic ring is 1. The Morgan fingerprint density at radius 2 is 1.94 bits per heavy atom. The highest BCUT2D eigenvalue weighted by molar-refractivity contribution is 5.65. The van der Waals surface area contributed by atoms with Gasteiger partial charge in [0.2, 0.25) is 0 Å². The van der Waals surface area contributed by atoms with Crippen LogP contribution < -0.4 is 21.3 Å². The summed E-state index contributed by atoms with van der Waals surface area (Å²) < 4.78 is 5.30. The van der Waals surface area contributed by atoms with E-state index in [2.05, 4.69) is 15.7 Å². The highest BCUT2D eigenvalue weighted by atomic mass is 16.5. The lowest BCUT2D eigenvalue weighted by atomic mass is 10.2. The number of nitrogens with zero attached hydrogens (tertiary/aromatic N) is 1. The first kappa shape index (κ1) is 12.2. The summed E-state index contributed by atoms with van der Waals surface area (Å²) in [5.74, 6) is 7.41. The van der Waals surface area contributed by atoms with Crippen LogP contribution in [0, 0.1) is 6.92 Å². The summed E-state index contributed by atoms with van der Waals surface area (Å²) in [5, 5.41) is 3.21. The van der Waals surface area contributed by atoms with Crippen molar-refractivity contribution in [2.45, 2.75) is 6.92 Å². The van der Waals surface area contributed by atoms with E-state index in [1.165, 1.54) is 0 Å². The summed E-state index contributed by atoms with van der Waals surface area (Å²) in [6, 6.07) is 11.4. The molecule has 5 heteroatoms. The maximum absolute atomic E-state index is 5.33. The molecule has 18 heavy (non-hydrogen) atoms. The molecule has 0 amide bonds. The molecule has 0 saturated heterocycles. The smallest absolute Gasteiger partial charge is 0.142 e. The Hall–Kier alpha value is -2.27. The molecule has 1 heterocycles. The minimum absolute atomic E-state index is 0.603. The number of nitrogens with one attached hydrogen (secondary N) is 2. The topological polar surface area (TPSA) is 72.2 Å². The Bertz CT molecular complexity index is 542. The molecule has 0 radical (unpaired) electrons. The fourth-order valence-corrected chi connectivity index (χ4v) is 1.64. The number of ether oxygens (including phenoxy) is 1. The molecule has 0 saturated carbocycles. The number of methoxy groups -OCH3 is 1. The zero-order valence-electron chi connectivity index (χ0n) is 10.4. The van der Waals surface area contributed by atoms with Crippen LogP contribution in [0.3, 0.4) is 0 Å². The van der Waals surface area contributed by atoms with E-state index in [9.17, 15) is 0 Å². The van der Waals surface area contributed by atoms with Crippen molar-refractivity contribution in [2.75, 3.05) is 17.9 Å². The average Bonchev–Trinajstić information content (AvgIpc) is 2.39. The predicted molar refractivity (Wildman–Crippen MR) is 73.1 cm³/mol. The molecular formula is C13H16N4O. The molecule has 94 valence electrons. The first-order chi connectivity index (χ1) is 8.72. The second kappa shape index (κ2) is 5.37. The standard InChI is InChI=1S/C13H16N4O/c1-9-6-7-11(18-2)10(8-9)15-12-4-3-5-13(16-12)17-14/h3-8H,14H2,1-2H3,(H2,15,16,17). The van der Waals surface area contributed by atoms with Crippen LogP contribution in [-0.2, 0) is 0 Å². The number of hydrogen-bond donors (Lipinski definition) is 3. The first-order valence-corrected chi connectivity index (χ1v) is 5.58. The molecule has 0 atom stereocenters. The third-order valence-electron chi connectivity index (χ3n) is 2.51. The Balaban J connectivity index is 2.29. The number of hydrogen-bond acceptors (Lipinski definition) is 5. The Labute approximate surface area is 106 Å². The van der Waals surface area contributed by atoms with Gasteiger partial charge in [-0.25, -0.2) is 10.8 Å². The highest BCUT2D eigenvalue weighted by Gasteiger charge is 2.04. The van der Waals surface area contributed by atoms with Crippen LogP contribution in [0.25, 0.3) is 0 Å². The number of benzene rings is 1. The molecule has 0 bridgehead atoms. The zero-order chi connectivity index (χ0) is 13.0. The molecule has 2 rings (SSSR count). The Morgan fingerprint density at radius 3 is 2.67 bits per heavy atom. The zero-order valence-corrected chi connectivity index (χ0v) is 10.4. The van der Waals surface area contributed by atoms with Gasteiger partial charge in [-0.15, -0.1) is 0 Å². The maximum atomic E-state index is 5.33. The molecule has 4 N–H and O–H groups in total. The lowest BCUT2D eigenvalue weighted by Crippen LogP contribution is -2.09. The van der Waals surface area contributed by atoms with Crippen molar-refractivity contribution < 1.29 is 4.74 Å². The molecule has 0 fully saturated rings. The first-order valence-electron chi connectivity index (χ1n) is 5.58. The van der Waals surface area contributed by atoms with Gasteiger partial charge < -0.3 is 15.5 Å². The van der Waals surface area contributed by atoms with Crippen molar-refractivity contribution in [2.24, 2.45) is 5.84 Å². The van der Waals surface area contributed by atoms with E-state index >= 15 is 0 Å². The van der Waals surface area contributed by atoms with Gasteiger partial charge in [0.1, 0.15) is 17.4 Å². The third kappa shape index (κ3) is 2.70. The minimum atomic E-state index is 0.603. The molecule has 0 aliphatic rings. The van der Waals surface area contributed by atoms with Gasteiger partial charge in [-0.05, 0) is 36.8 Å². The molecule has 1 aromatic carbocycles. The van der Waals surface area contributed by atoms with Crippen molar-refractivity contribution >= 4 is 17.3 Å². The summed E-state index contributed by atoms with van der Waals surface area (Å²) in [4.78, 5) is 4.29. The van der Waals surface area contributed by atoms with E-state index in [0.717, 1.165) is 17.0 Å². The van der Waals surface area contributed by atoms with E-state index in [0.29, 0.717) is 11.6 Å². The lowest BCUT2D eigenvalue weighted by molar-refractivity contribution is 0.416. The van der Waals surface area contributed by atoms with Crippen molar-refractivity contribution in [1.29, 1.82) is 0 Å². The van der Waals surface area contributed by atoms with E-state index in [1.54, 1.807) is 13.2 Å². The summed E-state index contributed by atoms with van der Waals surface area (Å²) in [6.45, 7) is 2.02. The number of aryl methyl sites for hydroxylation is 1. The number of nitrogens with two attached hydrogens (primary N) is 1. The van der Waals surface area contributed by atoms with E-state index < -0.39 is 0 Å². The number of anilines is 3. The molecule has 0 unspecified atom stereocenters. The molecule has 1 aromatic heterocycles. The molecule has 5 nitrogen and oxygen atoms in total. The van der Waals surface area contributed by atoms with Gasteiger partial charge in [0.15, 0.2) is 0 Å².